The summed E-state index contributed by atoms with van der Waals surface area (Å²) in [4.78, 5) is 2.43. The molecule has 0 fully saturated rings. The second-order valence-electron chi connectivity index (χ2n) is 16.1. The van der Waals surface area contributed by atoms with Gasteiger partial charge in [0.25, 0.3) is 0 Å². The third-order valence-electron chi connectivity index (χ3n) is 12.5. The van der Waals surface area contributed by atoms with Crippen LogP contribution in [0.4, 0.5) is 17.1 Å². The first kappa shape index (κ1) is 35.7. The number of rotatable bonds is 7. The van der Waals surface area contributed by atoms with Crippen molar-refractivity contribution in [2.24, 2.45) is 0 Å². The van der Waals surface area contributed by atoms with E-state index >= 15 is 0 Å². The molecular formula is C60H40N2. The van der Waals surface area contributed by atoms with E-state index in [4.69, 9.17) is 0 Å². The van der Waals surface area contributed by atoms with Gasteiger partial charge in [0.05, 0.1) is 22.4 Å². The Balaban J connectivity index is 1.02. The van der Waals surface area contributed by atoms with Gasteiger partial charge in [0, 0.05) is 22.1 Å². The first-order valence-corrected chi connectivity index (χ1v) is 21.3. The van der Waals surface area contributed by atoms with Gasteiger partial charge in [-0.1, -0.05) is 182 Å². The Morgan fingerprint density at radius 2 is 0.839 bits per heavy atom. The molecule has 12 rings (SSSR count). The molecule has 290 valence electrons. The number of para-hydroxylation sites is 4. The molecule has 0 unspecified atom stereocenters. The van der Waals surface area contributed by atoms with Crippen LogP contribution in [0.2, 0.25) is 0 Å². The van der Waals surface area contributed by atoms with Gasteiger partial charge in [0.2, 0.25) is 0 Å². The van der Waals surface area contributed by atoms with E-state index in [1.54, 1.807) is 0 Å². The van der Waals surface area contributed by atoms with Crippen LogP contribution in [0.1, 0.15) is 0 Å². The Kier molecular flexibility index (Phi) is 8.53. The topological polar surface area (TPSA) is 8.17 Å². The SMILES string of the molecule is c1cc(-c2ccc(N(c3cccc(-c4cccc5c4ccc4ccccc45)c3)c3ccccc3-n3c4ccccc4c4ccccc43)cc2)cc(-c2ccc3ccccc3c2)c1. The quantitative estimate of drug-likeness (QED) is 0.146. The van der Waals surface area contributed by atoms with E-state index in [1.165, 1.54) is 87.5 Å². The smallest absolute Gasteiger partial charge is 0.0702 e. The van der Waals surface area contributed by atoms with E-state index in [-0.39, 0.29) is 0 Å². The summed E-state index contributed by atoms with van der Waals surface area (Å²) in [6, 6.07) is 88.6. The average molecular weight is 789 g/mol. The molecule has 0 saturated heterocycles. The van der Waals surface area contributed by atoms with Crippen LogP contribution in [0, 0.1) is 0 Å². The van der Waals surface area contributed by atoms with Crippen LogP contribution in [0.15, 0.2) is 243 Å². The molecule has 2 nitrogen and oxygen atoms in total. The van der Waals surface area contributed by atoms with Gasteiger partial charge in [0.15, 0.2) is 0 Å². The Morgan fingerprint density at radius 3 is 1.65 bits per heavy atom. The second-order valence-corrected chi connectivity index (χ2v) is 16.1. The molecule has 0 aliphatic heterocycles. The molecule has 0 radical (unpaired) electrons. The Hall–Kier alpha value is -8.20. The maximum Gasteiger partial charge on any atom is 0.0702 e. The number of anilines is 3. The molecule has 1 aromatic heterocycles. The highest BCUT2D eigenvalue weighted by Crippen LogP contribution is 2.44. The molecule has 2 heteroatoms. The minimum absolute atomic E-state index is 1.08. The van der Waals surface area contributed by atoms with Gasteiger partial charge in [-0.2, -0.15) is 0 Å². The van der Waals surface area contributed by atoms with Crippen LogP contribution in [0.3, 0.4) is 0 Å². The summed E-state index contributed by atoms with van der Waals surface area (Å²) >= 11 is 0. The van der Waals surface area contributed by atoms with Crippen molar-refractivity contribution in [3.63, 3.8) is 0 Å². The van der Waals surface area contributed by atoms with Gasteiger partial charge < -0.3 is 9.47 Å². The number of nitrogens with zero attached hydrogens (tertiary/aromatic N) is 2. The standard InChI is InChI=1S/C60H40N2/c1-2-16-44-39-47(31-30-41(44)14-1)46-18-11-17-45(38-46)42-32-35-49(36-33-42)61(59-28-9-10-29-60(59)62-57-26-7-5-22-55(57)56-23-6-8-27-58(56)62)50-20-12-19-48(40-50)52-24-13-25-53-51-21-4-3-15-43(51)34-37-54(52)53/h1-40H. The summed E-state index contributed by atoms with van der Waals surface area (Å²) in [5.74, 6) is 0. The average Bonchev–Trinajstić information content (AvgIpc) is 3.68. The Labute approximate surface area is 360 Å². The predicted octanol–water partition coefficient (Wildman–Crippen LogP) is 16.7. The molecule has 0 amide bonds. The van der Waals surface area contributed by atoms with Gasteiger partial charge >= 0.3 is 0 Å². The first-order valence-electron chi connectivity index (χ1n) is 21.3. The summed E-state index contributed by atoms with van der Waals surface area (Å²) < 4.78 is 2.43. The van der Waals surface area contributed by atoms with E-state index in [2.05, 4.69) is 252 Å². The lowest BCUT2D eigenvalue weighted by atomic mass is 9.94. The maximum absolute atomic E-state index is 2.43. The van der Waals surface area contributed by atoms with Crippen LogP contribution >= 0.6 is 0 Å². The molecule has 12 aromatic rings. The summed E-state index contributed by atoms with van der Waals surface area (Å²) in [6.07, 6.45) is 0. The van der Waals surface area contributed by atoms with Crippen molar-refractivity contribution < 1.29 is 0 Å². The minimum atomic E-state index is 1.08. The first-order chi connectivity index (χ1) is 30.7. The maximum atomic E-state index is 2.43. The monoisotopic (exact) mass is 788 g/mol. The van der Waals surface area contributed by atoms with Gasteiger partial charge in [-0.15, -0.1) is 0 Å². The number of aromatic nitrogens is 1. The van der Waals surface area contributed by atoms with Gasteiger partial charge in [-0.25, -0.2) is 0 Å². The number of fused-ring (bicyclic) bond motifs is 7. The highest BCUT2D eigenvalue weighted by Gasteiger charge is 2.21. The summed E-state index contributed by atoms with van der Waals surface area (Å²) in [5.41, 5.74) is 13.9. The fourth-order valence-corrected chi connectivity index (χ4v) is 9.61. The third kappa shape index (κ3) is 6.04. The zero-order valence-corrected chi connectivity index (χ0v) is 34.0. The predicted molar refractivity (Wildman–Crippen MR) is 264 cm³/mol. The zero-order chi connectivity index (χ0) is 41.0. The van der Waals surface area contributed by atoms with Crippen molar-refractivity contribution in [1.82, 2.24) is 4.57 Å². The highest BCUT2D eigenvalue weighted by atomic mass is 15.2. The van der Waals surface area contributed by atoms with Crippen LogP contribution < -0.4 is 4.90 Å². The molecule has 1 heterocycles. The fraction of sp³-hybridized carbons (Fsp3) is 0. The van der Waals surface area contributed by atoms with Gasteiger partial charge in [-0.05, 0) is 126 Å². The van der Waals surface area contributed by atoms with Crippen molar-refractivity contribution in [1.29, 1.82) is 0 Å². The normalized spacial score (nSPS) is 11.5. The molecule has 11 aromatic carbocycles. The minimum Gasteiger partial charge on any atom is -0.308 e. The fourth-order valence-electron chi connectivity index (χ4n) is 9.61. The zero-order valence-electron chi connectivity index (χ0n) is 34.0. The highest BCUT2D eigenvalue weighted by molar-refractivity contribution is 6.12. The molecule has 0 bridgehead atoms. The van der Waals surface area contributed by atoms with Crippen LogP contribution in [0.25, 0.3) is 93.2 Å². The number of hydrogen-bond acceptors (Lipinski definition) is 1. The van der Waals surface area contributed by atoms with E-state index < -0.39 is 0 Å². The van der Waals surface area contributed by atoms with E-state index in [0.29, 0.717) is 0 Å². The van der Waals surface area contributed by atoms with Crippen molar-refractivity contribution in [2.75, 3.05) is 4.90 Å². The molecule has 0 aliphatic rings. The van der Waals surface area contributed by atoms with Crippen molar-refractivity contribution >= 4 is 71.2 Å². The molecule has 0 atom stereocenters. The summed E-state index contributed by atoms with van der Waals surface area (Å²) in [7, 11) is 0. The number of hydrogen-bond donors (Lipinski definition) is 0. The largest absolute Gasteiger partial charge is 0.308 e. The van der Waals surface area contributed by atoms with Gasteiger partial charge in [0.1, 0.15) is 0 Å². The molecule has 0 aliphatic carbocycles. The summed E-state index contributed by atoms with van der Waals surface area (Å²) in [6.45, 7) is 0. The Morgan fingerprint density at radius 1 is 0.274 bits per heavy atom. The molecule has 0 saturated carbocycles. The van der Waals surface area contributed by atoms with Crippen LogP contribution in [-0.2, 0) is 0 Å². The van der Waals surface area contributed by atoms with Crippen molar-refractivity contribution in [2.45, 2.75) is 0 Å². The molecule has 0 spiro atoms. The number of benzene rings is 11. The second kappa shape index (κ2) is 14.8. The van der Waals surface area contributed by atoms with E-state index in [0.717, 1.165) is 22.7 Å². The molecular weight excluding hydrogens is 749 g/mol. The Bertz CT molecular complexity index is 3600. The van der Waals surface area contributed by atoms with Crippen molar-refractivity contribution in [3.8, 4) is 39.1 Å². The lowest BCUT2D eigenvalue weighted by molar-refractivity contribution is 1.15. The molecule has 0 N–H and O–H groups in total. The lowest BCUT2D eigenvalue weighted by Gasteiger charge is -2.29. The summed E-state index contributed by atoms with van der Waals surface area (Å²) in [5, 5.41) is 10.0. The van der Waals surface area contributed by atoms with Crippen LogP contribution in [0.5, 0.6) is 0 Å². The lowest BCUT2D eigenvalue weighted by Crippen LogP contribution is -2.13. The van der Waals surface area contributed by atoms with E-state index in [1.807, 2.05) is 0 Å². The van der Waals surface area contributed by atoms with Gasteiger partial charge in [-0.3, -0.25) is 0 Å². The van der Waals surface area contributed by atoms with Crippen molar-refractivity contribution in [3.05, 3.63) is 243 Å². The van der Waals surface area contributed by atoms with Crippen LogP contribution in [-0.4, -0.2) is 4.57 Å². The third-order valence-corrected chi connectivity index (χ3v) is 12.5. The molecule has 62 heavy (non-hydrogen) atoms. The van der Waals surface area contributed by atoms with E-state index in [9.17, 15) is 0 Å².